The molecule has 23 heavy (non-hydrogen) atoms. The highest BCUT2D eigenvalue weighted by Gasteiger charge is 2.11. The number of carbonyl (C=O) groups is 2. The fourth-order valence-electron chi connectivity index (χ4n) is 1.36. The maximum absolute atomic E-state index is 11.4. The standard InChI is InChI=1S/C18H26O5/c1-5-7-9-11-17(19)22-13-15(3)21-14-16(4)23-18(20)12-10-8-6-2/h5-12,15-16H,13-14H2,1-4H3/b7-5+,8-6+,11-9+,12-10+. The molecule has 5 nitrogen and oxygen atoms in total. The Bertz CT molecular complexity index is 460. The predicted molar refractivity (Wildman–Crippen MR) is 89.8 cm³/mol. The number of rotatable bonds is 10. The van der Waals surface area contributed by atoms with Gasteiger partial charge in [-0.15, -0.1) is 0 Å². The Morgan fingerprint density at radius 3 is 1.96 bits per heavy atom. The van der Waals surface area contributed by atoms with Crippen molar-refractivity contribution in [2.24, 2.45) is 0 Å². The fourth-order valence-corrected chi connectivity index (χ4v) is 1.36. The minimum Gasteiger partial charge on any atom is -0.460 e. The number of hydrogen-bond acceptors (Lipinski definition) is 5. The maximum atomic E-state index is 11.4. The van der Waals surface area contributed by atoms with Crippen LogP contribution in [0.25, 0.3) is 0 Å². The van der Waals surface area contributed by atoms with Gasteiger partial charge in [-0.1, -0.05) is 36.5 Å². The highest BCUT2D eigenvalue weighted by atomic mass is 16.6. The molecule has 0 fully saturated rings. The van der Waals surface area contributed by atoms with Gasteiger partial charge in [-0.3, -0.25) is 0 Å². The molecule has 0 aliphatic carbocycles. The molecule has 0 saturated heterocycles. The molecule has 0 rings (SSSR count). The van der Waals surface area contributed by atoms with E-state index in [1.807, 2.05) is 26.0 Å². The molecule has 2 unspecified atom stereocenters. The van der Waals surface area contributed by atoms with Gasteiger partial charge >= 0.3 is 11.9 Å². The number of allylic oxidation sites excluding steroid dienone is 6. The molecule has 0 saturated carbocycles. The molecule has 0 heterocycles. The summed E-state index contributed by atoms with van der Waals surface area (Å²) in [4.78, 5) is 22.8. The molecule has 0 aliphatic rings. The van der Waals surface area contributed by atoms with Crippen molar-refractivity contribution in [1.82, 2.24) is 0 Å². The summed E-state index contributed by atoms with van der Waals surface area (Å²) in [6.07, 6.45) is 12.3. The van der Waals surface area contributed by atoms with Crippen molar-refractivity contribution in [2.75, 3.05) is 13.2 Å². The van der Waals surface area contributed by atoms with Gasteiger partial charge in [0.25, 0.3) is 0 Å². The van der Waals surface area contributed by atoms with Gasteiger partial charge in [-0.05, 0) is 27.7 Å². The van der Waals surface area contributed by atoms with E-state index in [0.717, 1.165) is 0 Å². The molecule has 0 aromatic carbocycles. The van der Waals surface area contributed by atoms with Gasteiger partial charge in [0.05, 0.1) is 12.7 Å². The Labute approximate surface area is 138 Å². The molecular weight excluding hydrogens is 296 g/mol. The van der Waals surface area contributed by atoms with Crippen LogP contribution in [-0.2, 0) is 23.8 Å². The third-order valence-corrected chi connectivity index (χ3v) is 2.46. The summed E-state index contributed by atoms with van der Waals surface area (Å²) < 4.78 is 15.6. The van der Waals surface area contributed by atoms with E-state index in [1.54, 1.807) is 38.2 Å². The largest absolute Gasteiger partial charge is 0.460 e. The van der Waals surface area contributed by atoms with Gasteiger partial charge in [0, 0.05) is 12.2 Å². The van der Waals surface area contributed by atoms with Crippen molar-refractivity contribution in [3.63, 3.8) is 0 Å². The van der Waals surface area contributed by atoms with E-state index in [4.69, 9.17) is 14.2 Å². The van der Waals surface area contributed by atoms with E-state index in [-0.39, 0.29) is 25.4 Å². The number of carbonyl (C=O) groups excluding carboxylic acids is 2. The molecule has 0 radical (unpaired) electrons. The lowest BCUT2D eigenvalue weighted by Gasteiger charge is -2.16. The first-order valence-corrected chi connectivity index (χ1v) is 7.57. The molecule has 0 spiro atoms. The van der Waals surface area contributed by atoms with Crippen LogP contribution in [0.1, 0.15) is 27.7 Å². The average Bonchev–Trinajstić information content (AvgIpc) is 2.51. The van der Waals surface area contributed by atoms with Gasteiger partial charge in [0.1, 0.15) is 12.7 Å². The first-order chi connectivity index (χ1) is 11.0. The summed E-state index contributed by atoms with van der Waals surface area (Å²) in [6, 6.07) is 0. The van der Waals surface area contributed by atoms with Gasteiger partial charge in [-0.2, -0.15) is 0 Å². The normalized spacial score (nSPS) is 14.8. The van der Waals surface area contributed by atoms with E-state index in [2.05, 4.69) is 0 Å². The zero-order valence-corrected chi connectivity index (χ0v) is 14.2. The first-order valence-electron chi connectivity index (χ1n) is 7.57. The van der Waals surface area contributed by atoms with Crippen LogP contribution in [0, 0.1) is 0 Å². The highest BCUT2D eigenvalue weighted by molar-refractivity contribution is 5.82. The van der Waals surface area contributed by atoms with Crippen LogP contribution in [0.4, 0.5) is 0 Å². The van der Waals surface area contributed by atoms with E-state index < -0.39 is 11.9 Å². The SMILES string of the molecule is C/C=C/C=C/C(=O)OCC(C)OCC(C)OC(=O)/C=C/C=C/C. The Kier molecular flexibility index (Phi) is 12.3. The molecule has 2 atom stereocenters. The molecule has 128 valence electrons. The summed E-state index contributed by atoms with van der Waals surface area (Å²) in [6.45, 7) is 7.60. The van der Waals surface area contributed by atoms with Crippen LogP contribution in [0.2, 0.25) is 0 Å². The lowest BCUT2D eigenvalue weighted by Crippen LogP contribution is -2.25. The smallest absolute Gasteiger partial charge is 0.331 e. The Hall–Kier alpha value is -2.14. The van der Waals surface area contributed by atoms with Crippen LogP contribution in [0.5, 0.6) is 0 Å². The van der Waals surface area contributed by atoms with Gasteiger partial charge in [0.2, 0.25) is 0 Å². The summed E-state index contributed by atoms with van der Waals surface area (Å²) in [5.41, 5.74) is 0. The van der Waals surface area contributed by atoms with Crippen LogP contribution in [0.3, 0.4) is 0 Å². The van der Waals surface area contributed by atoms with Gasteiger partial charge in [0.15, 0.2) is 0 Å². The quantitative estimate of drug-likeness (QED) is 0.351. The van der Waals surface area contributed by atoms with Crippen molar-refractivity contribution < 1.29 is 23.8 Å². The van der Waals surface area contributed by atoms with Crippen LogP contribution < -0.4 is 0 Å². The Morgan fingerprint density at radius 2 is 1.39 bits per heavy atom. The molecule has 5 heteroatoms. The maximum Gasteiger partial charge on any atom is 0.331 e. The fraction of sp³-hybridized carbons (Fsp3) is 0.444. The first kappa shape index (κ1) is 20.9. The molecule has 0 amide bonds. The van der Waals surface area contributed by atoms with Crippen molar-refractivity contribution in [3.05, 3.63) is 48.6 Å². The monoisotopic (exact) mass is 322 g/mol. The topological polar surface area (TPSA) is 61.8 Å². The minimum absolute atomic E-state index is 0.140. The minimum atomic E-state index is -0.424. The zero-order valence-electron chi connectivity index (χ0n) is 14.2. The predicted octanol–water partition coefficient (Wildman–Crippen LogP) is 3.13. The molecule has 0 N–H and O–H groups in total. The van der Waals surface area contributed by atoms with Crippen LogP contribution in [0.15, 0.2) is 48.6 Å². The van der Waals surface area contributed by atoms with Crippen molar-refractivity contribution >= 4 is 11.9 Å². The summed E-state index contributed by atoms with van der Waals surface area (Å²) in [5.74, 6) is -0.848. The number of hydrogen-bond donors (Lipinski definition) is 0. The summed E-state index contributed by atoms with van der Waals surface area (Å²) in [5, 5.41) is 0. The second-order valence-corrected chi connectivity index (χ2v) is 4.79. The summed E-state index contributed by atoms with van der Waals surface area (Å²) in [7, 11) is 0. The molecule has 0 bridgehead atoms. The second-order valence-electron chi connectivity index (χ2n) is 4.79. The van der Waals surface area contributed by atoms with E-state index in [1.165, 1.54) is 12.2 Å². The Morgan fingerprint density at radius 1 is 0.826 bits per heavy atom. The molecule has 0 aromatic heterocycles. The van der Waals surface area contributed by atoms with Crippen LogP contribution >= 0.6 is 0 Å². The van der Waals surface area contributed by atoms with Crippen LogP contribution in [-0.4, -0.2) is 37.4 Å². The van der Waals surface area contributed by atoms with E-state index >= 15 is 0 Å². The van der Waals surface area contributed by atoms with Crippen molar-refractivity contribution in [1.29, 1.82) is 0 Å². The van der Waals surface area contributed by atoms with E-state index in [9.17, 15) is 9.59 Å². The highest BCUT2D eigenvalue weighted by Crippen LogP contribution is 1.99. The number of ether oxygens (including phenoxy) is 3. The zero-order chi connectivity index (χ0) is 17.5. The molecular formula is C18H26O5. The number of esters is 2. The van der Waals surface area contributed by atoms with Crippen molar-refractivity contribution in [2.45, 2.75) is 39.9 Å². The lowest BCUT2D eigenvalue weighted by atomic mass is 10.4. The lowest BCUT2D eigenvalue weighted by molar-refractivity contribution is -0.148. The second kappa shape index (κ2) is 13.5. The molecule has 0 aromatic rings. The van der Waals surface area contributed by atoms with Gasteiger partial charge in [-0.25, -0.2) is 9.59 Å². The average molecular weight is 322 g/mol. The third-order valence-electron chi connectivity index (χ3n) is 2.46. The third kappa shape index (κ3) is 13.3. The molecule has 0 aliphatic heterocycles. The van der Waals surface area contributed by atoms with E-state index in [0.29, 0.717) is 0 Å². The van der Waals surface area contributed by atoms with Crippen molar-refractivity contribution in [3.8, 4) is 0 Å². The van der Waals surface area contributed by atoms with Gasteiger partial charge < -0.3 is 14.2 Å². The Balaban J connectivity index is 3.93. The summed E-state index contributed by atoms with van der Waals surface area (Å²) >= 11 is 0.